The maximum Gasteiger partial charge on any atom is 0.269 e. The van der Waals surface area contributed by atoms with Gasteiger partial charge >= 0.3 is 0 Å². The molecular formula is C11H15F2N. The molecule has 0 aliphatic rings. The first kappa shape index (κ1) is 11.1. The van der Waals surface area contributed by atoms with E-state index in [1.165, 1.54) is 13.8 Å². The lowest BCUT2D eigenvalue weighted by atomic mass is 9.92. The molecule has 0 radical (unpaired) electrons. The SMILES string of the molecule is CC(C)(N)C(F)(F)Cc1ccccc1. The van der Waals surface area contributed by atoms with Gasteiger partial charge in [0.05, 0.1) is 5.54 Å². The van der Waals surface area contributed by atoms with E-state index in [1.54, 1.807) is 30.3 Å². The summed E-state index contributed by atoms with van der Waals surface area (Å²) in [5.74, 6) is -2.88. The van der Waals surface area contributed by atoms with Crippen LogP contribution in [0.25, 0.3) is 0 Å². The van der Waals surface area contributed by atoms with Crippen molar-refractivity contribution in [2.75, 3.05) is 0 Å². The molecule has 3 heteroatoms. The van der Waals surface area contributed by atoms with Crippen molar-refractivity contribution in [1.29, 1.82) is 0 Å². The minimum absolute atomic E-state index is 0.308. The average molecular weight is 199 g/mol. The van der Waals surface area contributed by atoms with Crippen molar-refractivity contribution < 1.29 is 8.78 Å². The van der Waals surface area contributed by atoms with Gasteiger partial charge in [0.25, 0.3) is 5.92 Å². The van der Waals surface area contributed by atoms with Crippen LogP contribution in [0.1, 0.15) is 19.4 Å². The first-order valence-corrected chi connectivity index (χ1v) is 4.53. The lowest BCUT2D eigenvalue weighted by Crippen LogP contribution is -2.51. The lowest BCUT2D eigenvalue weighted by Gasteiger charge is -2.30. The van der Waals surface area contributed by atoms with Gasteiger partial charge in [-0.05, 0) is 19.4 Å². The summed E-state index contributed by atoms with van der Waals surface area (Å²) in [7, 11) is 0. The smallest absolute Gasteiger partial charge is 0.269 e. The molecule has 0 bridgehead atoms. The van der Waals surface area contributed by atoms with Crippen LogP contribution in [-0.2, 0) is 6.42 Å². The Hall–Kier alpha value is -0.960. The quantitative estimate of drug-likeness (QED) is 0.795. The fourth-order valence-electron chi connectivity index (χ4n) is 1.08. The molecule has 1 aromatic carbocycles. The van der Waals surface area contributed by atoms with Crippen molar-refractivity contribution >= 4 is 0 Å². The van der Waals surface area contributed by atoms with Crippen LogP contribution in [0.2, 0.25) is 0 Å². The molecule has 0 fully saturated rings. The van der Waals surface area contributed by atoms with Crippen molar-refractivity contribution in [1.82, 2.24) is 0 Å². The third kappa shape index (κ3) is 2.51. The molecule has 0 aromatic heterocycles. The Balaban J connectivity index is 2.79. The molecule has 0 amide bonds. The summed E-state index contributed by atoms with van der Waals surface area (Å²) < 4.78 is 27.0. The van der Waals surface area contributed by atoms with Gasteiger partial charge in [-0.1, -0.05) is 30.3 Å². The van der Waals surface area contributed by atoms with Crippen molar-refractivity contribution in [3.63, 3.8) is 0 Å². The Labute approximate surface area is 82.9 Å². The minimum atomic E-state index is -2.88. The third-order valence-corrected chi connectivity index (χ3v) is 2.21. The number of hydrogen-bond donors (Lipinski definition) is 1. The second kappa shape index (κ2) is 3.65. The molecule has 1 aromatic rings. The van der Waals surface area contributed by atoms with Crippen molar-refractivity contribution in [2.24, 2.45) is 5.73 Å². The summed E-state index contributed by atoms with van der Waals surface area (Å²) in [5.41, 5.74) is 4.54. The number of benzene rings is 1. The van der Waals surface area contributed by atoms with Crippen molar-refractivity contribution in [3.05, 3.63) is 35.9 Å². The standard InChI is InChI=1S/C11H15F2N/c1-10(2,14)11(12,13)8-9-6-4-3-5-7-9/h3-7H,8,14H2,1-2H3. The largest absolute Gasteiger partial charge is 0.321 e. The maximum atomic E-state index is 13.5. The summed E-state index contributed by atoms with van der Waals surface area (Å²) in [6, 6.07) is 8.65. The second-order valence-electron chi connectivity index (χ2n) is 4.09. The van der Waals surface area contributed by atoms with Crippen LogP contribution in [0.4, 0.5) is 8.78 Å². The molecule has 1 nitrogen and oxygen atoms in total. The van der Waals surface area contributed by atoms with E-state index in [9.17, 15) is 8.78 Å². The Morgan fingerprint density at radius 2 is 1.64 bits per heavy atom. The number of hydrogen-bond acceptors (Lipinski definition) is 1. The molecule has 2 N–H and O–H groups in total. The highest BCUT2D eigenvalue weighted by Crippen LogP contribution is 2.29. The highest BCUT2D eigenvalue weighted by Gasteiger charge is 2.43. The Bertz CT molecular complexity index is 288. The van der Waals surface area contributed by atoms with E-state index in [1.807, 2.05) is 0 Å². The van der Waals surface area contributed by atoms with Crippen molar-refractivity contribution in [3.8, 4) is 0 Å². The normalized spacial score (nSPS) is 12.9. The van der Waals surface area contributed by atoms with Crippen LogP contribution in [0.3, 0.4) is 0 Å². The molecule has 0 atom stereocenters. The molecule has 0 aliphatic carbocycles. The summed E-state index contributed by atoms with van der Waals surface area (Å²) in [6.07, 6.45) is -0.308. The number of halogens is 2. The molecule has 0 unspecified atom stereocenters. The fraction of sp³-hybridized carbons (Fsp3) is 0.455. The first-order chi connectivity index (χ1) is 6.33. The lowest BCUT2D eigenvalue weighted by molar-refractivity contribution is -0.0595. The monoisotopic (exact) mass is 199 g/mol. The fourth-order valence-corrected chi connectivity index (χ4v) is 1.08. The Kier molecular flexibility index (Phi) is 2.90. The summed E-state index contributed by atoms with van der Waals surface area (Å²) in [6.45, 7) is 2.69. The molecule has 0 spiro atoms. The van der Waals surface area contributed by atoms with Gasteiger partial charge in [-0.3, -0.25) is 0 Å². The molecule has 0 saturated heterocycles. The topological polar surface area (TPSA) is 26.0 Å². The number of alkyl halides is 2. The van der Waals surface area contributed by atoms with Crippen LogP contribution in [0.15, 0.2) is 30.3 Å². The van der Waals surface area contributed by atoms with Gasteiger partial charge in [-0.2, -0.15) is 0 Å². The van der Waals surface area contributed by atoms with Gasteiger partial charge < -0.3 is 5.73 Å². The molecule has 78 valence electrons. The van der Waals surface area contributed by atoms with Gasteiger partial charge in [0.1, 0.15) is 0 Å². The average Bonchev–Trinajstić information content (AvgIpc) is 2.03. The van der Waals surface area contributed by atoms with E-state index in [0.717, 1.165) is 0 Å². The van der Waals surface area contributed by atoms with Gasteiger partial charge in [0.2, 0.25) is 0 Å². The Morgan fingerprint density at radius 1 is 1.14 bits per heavy atom. The van der Waals surface area contributed by atoms with Gasteiger partial charge in [0, 0.05) is 6.42 Å². The predicted molar refractivity (Wildman–Crippen MR) is 53.4 cm³/mol. The van der Waals surface area contributed by atoms with E-state index in [0.29, 0.717) is 5.56 Å². The second-order valence-corrected chi connectivity index (χ2v) is 4.09. The van der Waals surface area contributed by atoms with Crippen LogP contribution >= 0.6 is 0 Å². The molecule has 0 saturated carbocycles. The van der Waals surface area contributed by atoms with E-state index in [2.05, 4.69) is 0 Å². The number of nitrogens with two attached hydrogens (primary N) is 1. The summed E-state index contributed by atoms with van der Waals surface area (Å²) >= 11 is 0. The molecule has 0 heterocycles. The predicted octanol–water partition coefficient (Wildman–Crippen LogP) is 2.60. The highest BCUT2D eigenvalue weighted by atomic mass is 19.3. The summed E-state index contributed by atoms with van der Waals surface area (Å²) in [4.78, 5) is 0. The Morgan fingerprint density at radius 3 is 2.07 bits per heavy atom. The van der Waals surface area contributed by atoms with Gasteiger partial charge in [-0.25, -0.2) is 8.78 Å². The number of rotatable bonds is 3. The van der Waals surface area contributed by atoms with E-state index >= 15 is 0 Å². The highest BCUT2D eigenvalue weighted by molar-refractivity contribution is 5.17. The van der Waals surface area contributed by atoms with Gasteiger partial charge in [0.15, 0.2) is 0 Å². The zero-order valence-corrected chi connectivity index (χ0v) is 8.43. The van der Waals surface area contributed by atoms with E-state index in [4.69, 9.17) is 5.73 Å². The first-order valence-electron chi connectivity index (χ1n) is 4.53. The van der Waals surface area contributed by atoms with Crippen LogP contribution in [0, 0.1) is 0 Å². The molecular weight excluding hydrogens is 184 g/mol. The summed E-state index contributed by atoms with van der Waals surface area (Å²) in [5, 5.41) is 0. The van der Waals surface area contributed by atoms with Crippen LogP contribution < -0.4 is 5.73 Å². The van der Waals surface area contributed by atoms with Crippen LogP contribution in [0.5, 0.6) is 0 Å². The zero-order chi connectivity index (χ0) is 10.8. The molecule has 1 rings (SSSR count). The maximum absolute atomic E-state index is 13.5. The zero-order valence-electron chi connectivity index (χ0n) is 8.43. The third-order valence-electron chi connectivity index (χ3n) is 2.21. The molecule has 14 heavy (non-hydrogen) atoms. The van der Waals surface area contributed by atoms with Gasteiger partial charge in [-0.15, -0.1) is 0 Å². The minimum Gasteiger partial charge on any atom is -0.321 e. The van der Waals surface area contributed by atoms with Crippen molar-refractivity contribution in [2.45, 2.75) is 31.7 Å². The van der Waals surface area contributed by atoms with E-state index in [-0.39, 0.29) is 6.42 Å². The van der Waals surface area contributed by atoms with E-state index < -0.39 is 11.5 Å². The van der Waals surface area contributed by atoms with Crippen LogP contribution in [-0.4, -0.2) is 11.5 Å². The molecule has 0 aliphatic heterocycles.